The Hall–Kier alpha value is -2.03. The van der Waals surface area contributed by atoms with Crippen LogP contribution in [-0.2, 0) is 5.41 Å². The summed E-state index contributed by atoms with van der Waals surface area (Å²) < 4.78 is 1.52. The van der Waals surface area contributed by atoms with Crippen molar-refractivity contribution in [2.45, 2.75) is 19.3 Å². The van der Waals surface area contributed by atoms with E-state index in [1.807, 2.05) is 0 Å². The second-order valence-electron chi connectivity index (χ2n) is 3.48. The van der Waals surface area contributed by atoms with E-state index in [2.05, 4.69) is 26.6 Å². The van der Waals surface area contributed by atoms with Crippen LogP contribution in [0.5, 0.6) is 0 Å². The summed E-state index contributed by atoms with van der Waals surface area (Å²) in [6.45, 7) is 3.59. The Morgan fingerprint density at radius 2 is 2.21 bits per heavy atom. The molecule has 0 aromatic carbocycles. The van der Waals surface area contributed by atoms with Gasteiger partial charge in [-0.2, -0.15) is 9.78 Å². The Bertz CT molecular complexity index is 506. The summed E-state index contributed by atoms with van der Waals surface area (Å²) in [7, 11) is 0. The molecule has 0 N–H and O–H groups in total. The zero-order valence-corrected chi connectivity index (χ0v) is 7.84. The summed E-state index contributed by atoms with van der Waals surface area (Å²) in [5.74, 6) is 0. The van der Waals surface area contributed by atoms with Gasteiger partial charge >= 0.3 is 0 Å². The molecule has 0 radical (unpaired) electrons. The van der Waals surface area contributed by atoms with Gasteiger partial charge in [0.25, 0.3) is 0 Å². The van der Waals surface area contributed by atoms with Crippen LogP contribution >= 0.6 is 0 Å². The van der Waals surface area contributed by atoms with E-state index in [0.29, 0.717) is 11.3 Å². The number of aromatic nitrogens is 5. The Morgan fingerprint density at radius 3 is 2.93 bits per heavy atom. The normalized spacial score (nSPS) is 11.5. The molecule has 0 amide bonds. The lowest BCUT2D eigenvalue weighted by Crippen LogP contribution is -2.19. The van der Waals surface area contributed by atoms with Crippen LogP contribution in [0.4, 0.5) is 0 Å². The predicted octanol–water partition coefficient (Wildman–Crippen LogP) is 0.320. The van der Waals surface area contributed by atoms with Crippen LogP contribution in [-0.4, -0.2) is 25.0 Å². The van der Waals surface area contributed by atoms with Crippen molar-refractivity contribution >= 4 is 5.65 Å². The summed E-state index contributed by atoms with van der Waals surface area (Å²) in [6, 6.07) is 2.18. The van der Waals surface area contributed by atoms with Gasteiger partial charge in [0.2, 0.25) is 0 Å². The molecule has 2 aromatic heterocycles. The van der Waals surface area contributed by atoms with E-state index in [0.717, 1.165) is 0 Å². The molecule has 0 fully saturated rings. The van der Waals surface area contributed by atoms with Gasteiger partial charge in [-0.25, -0.2) is 0 Å². The molecule has 0 atom stereocenters. The van der Waals surface area contributed by atoms with E-state index >= 15 is 0 Å². The van der Waals surface area contributed by atoms with Gasteiger partial charge in [-0.15, -0.1) is 5.10 Å². The van der Waals surface area contributed by atoms with Crippen molar-refractivity contribution in [3.8, 4) is 6.07 Å². The maximum absolute atomic E-state index is 8.98. The standard InChI is InChI=1S/C8H8N6/c1-8(2,5-9)6-3-10-4-7-11-12-13-14(6)7/h3-4H,1-2H3. The van der Waals surface area contributed by atoms with Crippen molar-refractivity contribution in [2.75, 3.05) is 0 Å². The third-order valence-electron chi connectivity index (χ3n) is 2.03. The number of nitriles is 1. The first kappa shape index (κ1) is 8.56. The number of fused-ring (bicyclic) bond motifs is 1. The first-order valence-corrected chi connectivity index (χ1v) is 4.09. The zero-order valence-electron chi connectivity index (χ0n) is 7.84. The van der Waals surface area contributed by atoms with Crippen molar-refractivity contribution in [1.82, 2.24) is 25.0 Å². The van der Waals surface area contributed by atoms with Gasteiger partial charge in [0.15, 0.2) is 5.65 Å². The predicted molar refractivity (Wildman–Crippen MR) is 47.2 cm³/mol. The van der Waals surface area contributed by atoms with Crippen LogP contribution in [0.15, 0.2) is 12.4 Å². The van der Waals surface area contributed by atoms with Gasteiger partial charge in [-0.1, -0.05) is 0 Å². The molecule has 6 nitrogen and oxygen atoms in total. The summed E-state index contributed by atoms with van der Waals surface area (Å²) in [6.07, 6.45) is 3.16. The second-order valence-corrected chi connectivity index (χ2v) is 3.48. The molecule has 0 bridgehead atoms. The molecular weight excluding hydrogens is 180 g/mol. The lowest BCUT2D eigenvalue weighted by atomic mass is 9.92. The quantitative estimate of drug-likeness (QED) is 0.643. The lowest BCUT2D eigenvalue weighted by molar-refractivity contribution is 0.614. The van der Waals surface area contributed by atoms with E-state index in [1.165, 1.54) is 4.52 Å². The topological polar surface area (TPSA) is 79.8 Å². The monoisotopic (exact) mass is 188 g/mol. The van der Waals surface area contributed by atoms with E-state index in [1.54, 1.807) is 26.2 Å². The van der Waals surface area contributed by atoms with Crippen molar-refractivity contribution in [2.24, 2.45) is 0 Å². The minimum absolute atomic E-state index is 0.547. The van der Waals surface area contributed by atoms with Crippen molar-refractivity contribution in [3.05, 3.63) is 18.1 Å². The molecule has 0 saturated heterocycles. The fraction of sp³-hybridized carbons (Fsp3) is 0.375. The van der Waals surface area contributed by atoms with Crippen LogP contribution in [0.3, 0.4) is 0 Å². The fourth-order valence-electron chi connectivity index (χ4n) is 1.16. The number of tetrazole rings is 1. The SMILES string of the molecule is CC(C)(C#N)c1cncc2nnnn12. The number of hydrogen-bond acceptors (Lipinski definition) is 5. The highest BCUT2D eigenvalue weighted by molar-refractivity contribution is 5.36. The molecule has 0 aliphatic rings. The van der Waals surface area contributed by atoms with Crippen molar-refractivity contribution < 1.29 is 0 Å². The molecule has 0 saturated carbocycles. The molecule has 14 heavy (non-hydrogen) atoms. The third-order valence-corrected chi connectivity index (χ3v) is 2.03. The van der Waals surface area contributed by atoms with Gasteiger partial charge in [-0.05, 0) is 24.3 Å². The highest BCUT2D eigenvalue weighted by Crippen LogP contribution is 2.20. The van der Waals surface area contributed by atoms with Crippen LogP contribution in [0, 0.1) is 11.3 Å². The Balaban J connectivity index is 2.75. The first-order chi connectivity index (χ1) is 6.65. The summed E-state index contributed by atoms with van der Waals surface area (Å²) in [5, 5.41) is 20.1. The molecule has 2 rings (SSSR count). The van der Waals surface area contributed by atoms with Crippen molar-refractivity contribution in [1.29, 1.82) is 5.26 Å². The molecule has 2 heterocycles. The Kier molecular flexibility index (Phi) is 1.67. The summed E-state index contributed by atoms with van der Waals surface area (Å²) >= 11 is 0. The number of rotatable bonds is 1. The maximum atomic E-state index is 8.98. The molecule has 0 aliphatic carbocycles. The van der Waals surface area contributed by atoms with E-state index in [9.17, 15) is 0 Å². The molecule has 6 heteroatoms. The second kappa shape index (κ2) is 2.73. The molecule has 0 spiro atoms. The van der Waals surface area contributed by atoms with Crippen LogP contribution in [0.2, 0.25) is 0 Å². The van der Waals surface area contributed by atoms with Gasteiger partial charge in [0.1, 0.15) is 0 Å². The minimum atomic E-state index is -0.651. The van der Waals surface area contributed by atoms with E-state index < -0.39 is 5.41 Å². The van der Waals surface area contributed by atoms with Crippen LogP contribution < -0.4 is 0 Å². The number of hydrogen-bond donors (Lipinski definition) is 0. The molecule has 2 aromatic rings. The summed E-state index contributed by atoms with van der Waals surface area (Å²) in [4.78, 5) is 3.98. The Morgan fingerprint density at radius 1 is 1.43 bits per heavy atom. The molecule has 70 valence electrons. The highest BCUT2D eigenvalue weighted by atomic mass is 15.5. The smallest absolute Gasteiger partial charge is 0.197 e. The maximum Gasteiger partial charge on any atom is 0.197 e. The number of nitrogens with zero attached hydrogens (tertiary/aromatic N) is 6. The molecule has 0 aliphatic heterocycles. The molecule has 0 unspecified atom stereocenters. The van der Waals surface area contributed by atoms with Crippen LogP contribution in [0.25, 0.3) is 5.65 Å². The highest BCUT2D eigenvalue weighted by Gasteiger charge is 2.24. The zero-order chi connectivity index (χ0) is 10.2. The minimum Gasteiger partial charge on any atom is -0.259 e. The summed E-state index contributed by atoms with van der Waals surface area (Å²) in [5.41, 5.74) is 0.579. The first-order valence-electron chi connectivity index (χ1n) is 4.09. The van der Waals surface area contributed by atoms with Gasteiger partial charge < -0.3 is 0 Å². The van der Waals surface area contributed by atoms with Gasteiger partial charge in [0.05, 0.1) is 29.6 Å². The fourth-order valence-corrected chi connectivity index (χ4v) is 1.16. The Labute approximate surface area is 80.2 Å². The van der Waals surface area contributed by atoms with Gasteiger partial charge in [-0.3, -0.25) is 4.98 Å². The largest absolute Gasteiger partial charge is 0.259 e. The lowest BCUT2D eigenvalue weighted by Gasteiger charge is -2.14. The van der Waals surface area contributed by atoms with E-state index in [-0.39, 0.29) is 0 Å². The van der Waals surface area contributed by atoms with Gasteiger partial charge in [0, 0.05) is 0 Å². The third kappa shape index (κ3) is 1.10. The average Bonchev–Trinajstić information content (AvgIpc) is 2.64. The van der Waals surface area contributed by atoms with Crippen molar-refractivity contribution in [3.63, 3.8) is 0 Å². The molecular formula is C8H8N6. The van der Waals surface area contributed by atoms with Crippen LogP contribution in [0.1, 0.15) is 19.5 Å². The van der Waals surface area contributed by atoms with E-state index in [4.69, 9.17) is 5.26 Å². The average molecular weight is 188 g/mol.